The smallest absolute Gasteiger partial charge is 0.298 e. The first-order chi connectivity index (χ1) is 12.9. The average Bonchev–Trinajstić information content (AvgIpc) is 3.25. The fourth-order valence-electron chi connectivity index (χ4n) is 3.14. The van der Waals surface area contributed by atoms with Gasteiger partial charge in [-0.2, -0.15) is 0 Å². The lowest BCUT2D eigenvalue weighted by Gasteiger charge is -2.23. The third-order valence-electron chi connectivity index (χ3n) is 4.67. The molecule has 0 saturated carbocycles. The maximum atomic E-state index is 13.1. The van der Waals surface area contributed by atoms with Gasteiger partial charge in [-0.25, -0.2) is 4.98 Å². The van der Waals surface area contributed by atoms with E-state index in [-0.39, 0.29) is 11.7 Å². The highest BCUT2D eigenvalue weighted by molar-refractivity contribution is 7.22. The van der Waals surface area contributed by atoms with Crippen LogP contribution in [0.15, 0.2) is 22.7 Å². The van der Waals surface area contributed by atoms with Gasteiger partial charge in [-0.3, -0.25) is 9.69 Å². The number of benzene rings is 1. The van der Waals surface area contributed by atoms with Gasteiger partial charge >= 0.3 is 0 Å². The number of hydrogen-bond acceptors (Lipinski definition) is 6. The summed E-state index contributed by atoms with van der Waals surface area (Å²) < 4.78 is 6.32. The second kappa shape index (κ2) is 8.19. The summed E-state index contributed by atoms with van der Waals surface area (Å²) >= 11 is 1.54. The van der Waals surface area contributed by atoms with Gasteiger partial charge in [-0.05, 0) is 51.1 Å². The second-order valence-corrected chi connectivity index (χ2v) is 7.75. The van der Waals surface area contributed by atoms with Crippen molar-refractivity contribution >= 4 is 32.6 Å². The van der Waals surface area contributed by atoms with Crippen molar-refractivity contribution in [2.24, 2.45) is 0 Å². The first-order valence-electron chi connectivity index (χ1n) is 9.28. The highest BCUT2D eigenvalue weighted by Crippen LogP contribution is 2.32. The minimum Gasteiger partial charge on any atom is -0.351 e. The number of hydrogen-bond donors (Lipinski definition) is 0. The Labute approximate surface area is 163 Å². The molecule has 0 atom stereocenters. The van der Waals surface area contributed by atoms with E-state index in [2.05, 4.69) is 49.9 Å². The Balaban J connectivity index is 1.98. The molecule has 2 heterocycles. The van der Waals surface area contributed by atoms with Crippen LogP contribution in [0.3, 0.4) is 0 Å². The molecule has 144 valence electrons. The Kier molecular flexibility index (Phi) is 5.92. The van der Waals surface area contributed by atoms with Gasteiger partial charge in [0.2, 0.25) is 5.76 Å². The summed E-state index contributed by atoms with van der Waals surface area (Å²) in [6, 6.07) is 5.91. The molecule has 7 heteroatoms. The molecule has 3 aromatic rings. The quantitative estimate of drug-likeness (QED) is 0.609. The zero-order valence-electron chi connectivity index (χ0n) is 16.6. The van der Waals surface area contributed by atoms with Crippen LogP contribution in [-0.4, -0.2) is 47.1 Å². The minimum absolute atomic E-state index is 0.198. The predicted molar refractivity (Wildman–Crippen MR) is 110 cm³/mol. The van der Waals surface area contributed by atoms with Crippen molar-refractivity contribution in [3.63, 3.8) is 0 Å². The number of aromatic nitrogens is 2. The number of fused-ring (bicyclic) bond motifs is 1. The summed E-state index contributed by atoms with van der Waals surface area (Å²) in [5, 5.41) is 4.56. The van der Waals surface area contributed by atoms with Gasteiger partial charge in [0.25, 0.3) is 5.91 Å². The monoisotopic (exact) mass is 386 g/mol. The lowest BCUT2D eigenvalue weighted by Crippen LogP contribution is -2.38. The molecule has 0 aliphatic carbocycles. The number of thiazole rings is 1. The fourth-order valence-corrected chi connectivity index (χ4v) is 4.30. The number of aryl methyl sites for hydroxylation is 3. The molecule has 0 saturated heterocycles. The molecule has 3 rings (SSSR count). The summed E-state index contributed by atoms with van der Waals surface area (Å²) in [5.74, 6) is 0.0513. The molecule has 0 fully saturated rings. The van der Waals surface area contributed by atoms with Gasteiger partial charge < -0.3 is 9.42 Å². The van der Waals surface area contributed by atoms with Crippen LogP contribution < -0.4 is 4.90 Å². The molecule has 0 bridgehead atoms. The van der Waals surface area contributed by atoms with E-state index in [0.29, 0.717) is 17.4 Å². The summed E-state index contributed by atoms with van der Waals surface area (Å²) in [7, 11) is 0. The maximum Gasteiger partial charge on any atom is 0.298 e. The molecule has 0 spiro atoms. The SMILES string of the molecule is CCN(CC)CCN(C(=O)c1cc(C)no1)c1nc2c(C)cc(C)cc2s1. The summed E-state index contributed by atoms with van der Waals surface area (Å²) in [6.45, 7) is 13.4. The van der Waals surface area contributed by atoms with Crippen LogP contribution in [0.4, 0.5) is 5.13 Å². The van der Waals surface area contributed by atoms with Crippen LogP contribution >= 0.6 is 11.3 Å². The van der Waals surface area contributed by atoms with Crippen LogP contribution in [0.5, 0.6) is 0 Å². The summed E-state index contributed by atoms with van der Waals surface area (Å²) in [6.07, 6.45) is 0. The van der Waals surface area contributed by atoms with E-state index in [9.17, 15) is 4.79 Å². The Bertz CT molecular complexity index is 943. The first-order valence-corrected chi connectivity index (χ1v) is 10.1. The number of anilines is 1. The van der Waals surface area contributed by atoms with Crippen LogP contribution in [0, 0.1) is 20.8 Å². The van der Waals surface area contributed by atoms with E-state index < -0.39 is 0 Å². The molecule has 0 radical (unpaired) electrons. The zero-order valence-corrected chi connectivity index (χ0v) is 17.4. The number of carbonyl (C=O) groups is 1. The van der Waals surface area contributed by atoms with Crippen molar-refractivity contribution in [2.75, 3.05) is 31.1 Å². The largest absolute Gasteiger partial charge is 0.351 e. The number of amides is 1. The zero-order chi connectivity index (χ0) is 19.6. The average molecular weight is 387 g/mol. The van der Waals surface area contributed by atoms with E-state index in [4.69, 9.17) is 9.51 Å². The van der Waals surface area contributed by atoms with E-state index in [1.807, 2.05) is 6.92 Å². The molecule has 27 heavy (non-hydrogen) atoms. The van der Waals surface area contributed by atoms with Gasteiger partial charge in [0.1, 0.15) is 0 Å². The van der Waals surface area contributed by atoms with Crippen molar-refractivity contribution in [3.8, 4) is 0 Å². The number of nitrogens with zero attached hydrogens (tertiary/aromatic N) is 4. The van der Waals surface area contributed by atoms with Crippen LogP contribution in [0.2, 0.25) is 0 Å². The molecule has 0 aliphatic heterocycles. The summed E-state index contributed by atoms with van der Waals surface area (Å²) in [5.41, 5.74) is 3.97. The van der Waals surface area contributed by atoms with Gasteiger partial charge in [-0.15, -0.1) is 0 Å². The molecule has 2 aromatic heterocycles. The molecular weight excluding hydrogens is 360 g/mol. The topological polar surface area (TPSA) is 62.5 Å². The lowest BCUT2D eigenvalue weighted by atomic mass is 10.1. The number of likely N-dealkylation sites (N-methyl/N-ethyl adjacent to an activating group) is 1. The van der Waals surface area contributed by atoms with Crippen molar-refractivity contribution in [2.45, 2.75) is 34.6 Å². The number of carbonyl (C=O) groups excluding carboxylic acids is 1. The Hall–Kier alpha value is -2.25. The Morgan fingerprint density at radius 2 is 1.85 bits per heavy atom. The van der Waals surface area contributed by atoms with Crippen LogP contribution in [0.1, 0.15) is 41.2 Å². The van der Waals surface area contributed by atoms with E-state index >= 15 is 0 Å². The summed E-state index contributed by atoms with van der Waals surface area (Å²) in [4.78, 5) is 21.9. The second-order valence-electron chi connectivity index (χ2n) is 6.74. The van der Waals surface area contributed by atoms with E-state index in [1.54, 1.807) is 22.3 Å². The Morgan fingerprint density at radius 1 is 1.11 bits per heavy atom. The van der Waals surface area contributed by atoms with Crippen LogP contribution in [0.25, 0.3) is 10.2 Å². The molecule has 0 unspecified atom stereocenters. The third-order valence-corrected chi connectivity index (χ3v) is 5.69. The van der Waals surface area contributed by atoms with Crippen molar-refractivity contribution in [1.82, 2.24) is 15.0 Å². The van der Waals surface area contributed by atoms with E-state index in [0.717, 1.165) is 35.4 Å². The maximum absolute atomic E-state index is 13.1. The number of rotatable bonds is 7. The van der Waals surface area contributed by atoms with Crippen molar-refractivity contribution in [1.29, 1.82) is 0 Å². The molecule has 0 aliphatic rings. The predicted octanol–water partition coefficient (Wildman–Crippen LogP) is 4.20. The standard InChI is InChI=1S/C20H26N4O2S/c1-6-23(7-2)8-9-24(19(25)16-12-15(5)22-26-16)20-21-18-14(4)10-13(3)11-17(18)27-20/h10-12H,6-9H2,1-5H3. The van der Waals surface area contributed by atoms with Crippen molar-refractivity contribution < 1.29 is 9.32 Å². The van der Waals surface area contributed by atoms with Crippen LogP contribution in [-0.2, 0) is 0 Å². The molecule has 6 nitrogen and oxygen atoms in total. The highest BCUT2D eigenvalue weighted by atomic mass is 32.1. The van der Waals surface area contributed by atoms with Crippen molar-refractivity contribution in [3.05, 3.63) is 40.8 Å². The molecule has 1 aromatic carbocycles. The highest BCUT2D eigenvalue weighted by Gasteiger charge is 2.25. The molecular formula is C20H26N4O2S. The van der Waals surface area contributed by atoms with Gasteiger partial charge in [-0.1, -0.05) is 36.4 Å². The lowest BCUT2D eigenvalue weighted by molar-refractivity contribution is 0.0948. The van der Waals surface area contributed by atoms with Gasteiger partial charge in [0.05, 0.1) is 15.9 Å². The normalized spacial score (nSPS) is 11.5. The molecule has 0 N–H and O–H groups in total. The first kappa shape index (κ1) is 19.5. The van der Waals surface area contributed by atoms with Gasteiger partial charge in [0, 0.05) is 19.2 Å². The Morgan fingerprint density at radius 3 is 2.48 bits per heavy atom. The van der Waals surface area contributed by atoms with E-state index in [1.165, 1.54) is 5.56 Å². The minimum atomic E-state index is -0.198. The third kappa shape index (κ3) is 4.20. The molecule has 1 amide bonds. The van der Waals surface area contributed by atoms with Gasteiger partial charge in [0.15, 0.2) is 5.13 Å². The fraction of sp³-hybridized carbons (Fsp3) is 0.450.